The first-order valence-electron chi connectivity index (χ1n) is 8.51. The Morgan fingerprint density at radius 3 is 2.35 bits per heavy atom. The highest BCUT2D eigenvalue weighted by atomic mass is 32.3. The van der Waals surface area contributed by atoms with Gasteiger partial charge in [0.15, 0.2) is 13.9 Å². The van der Waals surface area contributed by atoms with E-state index in [0.717, 1.165) is 32.0 Å². The zero-order chi connectivity index (χ0) is 23.4. The van der Waals surface area contributed by atoms with Crippen LogP contribution >= 0.6 is 0 Å². The number of sulfonamides is 1. The van der Waals surface area contributed by atoms with E-state index >= 15 is 0 Å². The molecule has 0 aliphatic carbocycles. The van der Waals surface area contributed by atoms with Crippen molar-refractivity contribution in [2.24, 2.45) is 0 Å². The van der Waals surface area contributed by atoms with Crippen molar-refractivity contribution in [2.75, 3.05) is 12.4 Å². The maximum atomic E-state index is 12.9. The van der Waals surface area contributed by atoms with Crippen molar-refractivity contribution >= 4 is 41.7 Å². The summed E-state index contributed by atoms with van der Waals surface area (Å²) in [6.07, 6.45) is 0. The summed E-state index contributed by atoms with van der Waals surface area (Å²) in [5.41, 5.74) is 0.421. The topological polar surface area (TPSA) is 179 Å². The molecule has 168 valence electrons. The predicted molar refractivity (Wildman–Crippen MR) is 108 cm³/mol. The second-order valence-corrected chi connectivity index (χ2v) is 13.7. The highest BCUT2D eigenvalue weighted by Crippen LogP contribution is 2.47. The summed E-state index contributed by atoms with van der Waals surface area (Å²) in [5, 5.41) is 2.11. The highest BCUT2D eigenvalue weighted by Gasteiger charge is 2.58. The van der Waals surface area contributed by atoms with Crippen molar-refractivity contribution in [3.63, 3.8) is 0 Å². The van der Waals surface area contributed by atoms with Gasteiger partial charge in [-0.05, 0) is 32.9 Å². The molecule has 2 aromatic rings. The maximum Gasteiger partial charge on any atom is 0.335 e. The molecule has 1 aromatic heterocycles. The quantitative estimate of drug-likeness (QED) is 0.616. The van der Waals surface area contributed by atoms with Gasteiger partial charge in [0, 0.05) is 11.8 Å². The molecule has 0 fully saturated rings. The number of anilines is 1. The van der Waals surface area contributed by atoms with E-state index in [0.29, 0.717) is 5.69 Å². The summed E-state index contributed by atoms with van der Waals surface area (Å²) < 4.78 is 80.9. The van der Waals surface area contributed by atoms with Crippen LogP contribution in [0.25, 0.3) is 0 Å². The average Bonchev–Trinajstić information content (AvgIpc) is 2.75. The van der Waals surface area contributed by atoms with Gasteiger partial charge in [0.25, 0.3) is 10.0 Å². The molecule has 0 radical (unpaired) electrons. The van der Waals surface area contributed by atoms with Gasteiger partial charge in [-0.1, -0.05) is 6.07 Å². The van der Waals surface area contributed by atoms with Crippen molar-refractivity contribution in [3.8, 4) is 5.88 Å². The number of amides is 2. The molecule has 0 saturated carbocycles. The van der Waals surface area contributed by atoms with E-state index in [1.807, 2.05) is 0 Å². The number of methoxy groups -OCH3 is 1. The lowest BCUT2D eigenvalue weighted by Gasteiger charge is -2.15. The number of benzene rings is 1. The number of sulfone groups is 2. The van der Waals surface area contributed by atoms with Gasteiger partial charge in [0.1, 0.15) is 9.79 Å². The minimum atomic E-state index is -4.79. The van der Waals surface area contributed by atoms with Crippen LogP contribution in [0.2, 0.25) is 0 Å². The Kier molecular flexibility index (Phi) is 5.27. The molecule has 0 saturated heterocycles. The Labute approximate surface area is 178 Å². The van der Waals surface area contributed by atoms with Gasteiger partial charge < -0.3 is 4.74 Å². The molecule has 0 unspecified atom stereocenters. The van der Waals surface area contributed by atoms with Gasteiger partial charge >= 0.3 is 6.03 Å². The number of aromatic nitrogens is 2. The third kappa shape index (κ3) is 3.51. The van der Waals surface area contributed by atoms with E-state index in [9.17, 15) is 30.0 Å². The molecular weight excluding hydrogens is 472 g/mol. The fourth-order valence-corrected chi connectivity index (χ4v) is 9.21. The number of carbonyl (C=O) groups is 1. The largest absolute Gasteiger partial charge is 0.481 e. The monoisotopic (exact) mass is 490 g/mol. The van der Waals surface area contributed by atoms with Gasteiger partial charge in [-0.2, -0.15) is 4.98 Å². The number of ether oxygens (including phenoxy) is 1. The minimum Gasteiger partial charge on any atom is -0.481 e. The van der Waals surface area contributed by atoms with Crippen molar-refractivity contribution < 1.29 is 34.8 Å². The lowest BCUT2D eigenvalue weighted by molar-refractivity contribution is 0.256. The van der Waals surface area contributed by atoms with Crippen LogP contribution in [0.1, 0.15) is 19.5 Å². The molecule has 3 rings (SSSR count). The summed E-state index contributed by atoms with van der Waals surface area (Å²) in [7, 11) is -12.4. The maximum absolute atomic E-state index is 12.9. The van der Waals surface area contributed by atoms with Crippen LogP contribution in [0.5, 0.6) is 5.88 Å². The predicted octanol–water partition coefficient (Wildman–Crippen LogP) is 0.601. The van der Waals surface area contributed by atoms with Gasteiger partial charge in [-0.25, -0.2) is 39.8 Å². The number of hydrogen-bond acceptors (Lipinski definition) is 10. The average molecular weight is 491 g/mol. The van der Waals surface area contributed by atoms with Crippen LogP contribution in [0.4, 0.5) is 10.7 Å². The number of carbonyl (C=O) groups excluding carboxylic acids is 1. The lowest BCUT2D eigenvalue weighted by atomic mass is 10.4. The van der Waals surface area contributed by atoms with Gasteiger partial charge in [-0.3, -0.25) is 5.32 Å². The molecule has 0 atom stereocenters. The van der Waals surface area contributed by atoms with Crippen LogP contribution in [-0.4, -0.2) is 52.4 Å². The normalized spacial score (nSPS) is 18.1. The van der Waals surface area contributed by atoms with Crippen molar-refractivity contribution in [3.05, 3.63) is 30.0 Å². The first-order valence-corrected chi connectivity index (χ1v) is 13.0. The van der Waals surface area contributed by atoms with E-state index in [1.165, 1.54) is 13.2 Å². The number of fused-ring (bicyclic) bond motifs is 1. The number of nitrogens with one attached hydrogen (secondary N) is 2. The Bertz CT molecular complexity index is 1410. The van der Waals surface area contributed by atoms with Crippen LogP contribution < -0.4 is 14.8 Å². The summed E-state index contributed by atoms with van der Waals surface area (Å²) in [6.45, 7) is 3.53. The minimum absolute atomic E-state index is 0.116. The second-order valence-electron chi connectivity index (χ2n) is 6.93. The Balaban J connectivity index is 2.02. The standard InChI is InChI=1S/C16H18N4O8S3/c1-9-8-12(28-4)18-14(17-9)19-15(21)20-31(26,27)11-7-5-6-10-13(11)30(24,25)16(2,3)29(10,22)23/h5-8H,1-4H3,(H2,17,18,19,20,21). The van der Waals surface area contributed by atoms with Crippen molar-refractivity contribution in [2.45, 2.75) is 39.5 Å². The van der Waals surface area contributed by atoms with E-state index in [-0.39, 0.29) is 11.8 Å². The first kappa shape index (κ1) is 22.9. The van der Waals surface area contributed by atoms with Gasteiger partial charge in [0.05, 0.1) is 12.0 Å². The fraction of sp³-hybridized carbons (Fsp3) is 0.312. The SMILES string of the molecule is COc1cc(C)nc(NC(=O)NS(=O)(=O)c2cccc3c2S(=O)(=O)C(C)(C)S3(=O)=O)n1. The van der Waals surface area contributed by atoms with Crippen LogP contribution in [0.3, 0.4) is 0 Å². The summed E-state index contributed by atoms with van der Waals surface area (Å²) in [5.74, 6) is -0.149. The van der Waals surface area contributed by atoms with Gasteiger partial charge in [-0.15, -0.1) is 0 Å². The van der Waals surface area contributed by atoms with Crippen LogP contribution in [-0.2, 0) is 29.7 Å². The Hall–Kier alpha value is -2.78. The molecule has 1 aromatic carbocycles. The number of aryl methyl sites for hydroxylation is 1. The molecule has 1 aliphatic heterocycles. The number of hydrogen-bond donors (Lipinski definition) is 2. The highest BCUT2D eigenvalue weighted by molar-refractivity contribution is 8.13. The van der Waals surface area contributed by atoms with Crippen molar-refractivity contribution in [1.29, 1.82) is 0 Å². The molecule has 0 spiro atoms. The fourth-order valence-electron chi connectivity index (χ4n) is 2.84. The first-order chi connectivity index (χ1) is 14.1. The summed E-state index contributed by atoms with van der Waals surface area (Å²) >= 11 is 0. The molecule has 2 amide bonds. The molecule has 2 heterocycles. The number of rotatable bonds is 4. The number of nitrogens with zero attached hydrogens (tertiary/aromatic N) is 2. The smallest absolute Gasteiger partial charge is 0.335 e. The third-order valence-corrected chi connectivity index (χ3v) is 12.0. The van der Waals surface area contributed by atoms with E-state index < -0.39 is 54.5 Å². The van der Waals surface area contributed by atoms with E-state index in [2.05, 4.69) is 15.3 Å². The summed E-state index contributed by atoms with van der Waals surface area (Å²) in [4.78, 5) is 17.6. The zero-order valence-electron chi connectivity index (χ0n) is 16.7. The molecule has 2 N–H and O–H groups in total. The Morgan fingerprint density at radius 2 is 1.74 bits per heavy atom. The lowest BCUT2D eigenvalue weighted by Crippen LogP contribution is -2.36. The third-order valence-electron chi connectivity index (χ3n) is 4.58. The molecule has 31 heavy (non-hydrogen) atoms. The van der Waals surface area contributed by atoms with Crippen LogP contribution in [0.15, 0.2) is 39.0 Å². The molecule has 0 bridgehead atoms. The van der Waals surface area contributed by atoms with Crippen molar-refractivity contribution in [1.82, 2.24) is 14.7 Å². The zero-order valence-corrected chi connectivity index (χ0v) is 19.1. The van der Waals surface area contributed by atoms with E-state index in [4.69, 9.17) is 4.74 Å². The molecule has 1 aliphatic rings. The van der Waals surface area contributed by atoms with Crippen LogP contribution in [0, 0.1) is 6.92 Å². The molecular formula is C16H18N4O8S3. The molecule has 12 nitrogen and oxygen atoms in total. The van der Waals surface area contributed by atoms with E-state index in [1.54, 1.807) is 11.6 Å². The molecule has 15 heteroatoms. The Morgan fingerprint density at radius 1 is 1.10 bits per heavy atom. The second kappa shape index (κ2) is 7.13. The summed E-state index contributed by atoms with van der Waals surface area (Å²) in [6, 6.07) is 3.16. The van der Waals surface area contributed by atoms with Gasteiger partial charge in [0.2, 0.25) is 21.7 Å². The number of urea groups is 1.